The Morgan fingerprint density at radius 2 is 1.70 bits per heavy atom. The van der Waals surface area contributed by atoms with Crippen LogP contribution in [-0.4, -0.2) is 13.1 Å². The lowest BCUT2D eigenvalue weighted by Crippen LogP contribution is -2.39. The average molecular weight is 340 g/mol. The molecule has 1 rings (SSSR count). The van der Waals surface area contributed by atoms with Gasteiger partial charge < -0.3 is 5.32 Å². The zero-order chi connectivity index (χ0) is 15.0. The van der Waals surface area contributed by atoms with Gasteiger partial charge in [0.25, 0.3) is 0 Å². The Bertz CT molecular complexity index is 381. The number of halogens is 1. The zero-order valence-electron chi connectivity index (χ0n) is 13.5. The Morgan fingerprint density at radius 1 is 1.10 bits per heavy atom. The van der Waals surface area contributed by atoms with Crippen molar-refractivity contribution in [3.05, 3.63) is 34.3 Å². The minimum absolute atomic E-state index is 0.262. The Hall–Kier alpha value is -0.340. The van der Waals surface area contributed by atoms with Crippen molar-refractivity contribution in [2.45, 2.75) is 58.8 Å². The molecule has 1 aromatic rings. The van der Waals surface area contributed by atoms with Crippen molar-refractivity contribution in [1.29, 1.82) is 0 Å². The highest BCUT2D eigenvalue weighted by Crippen LogP contribution is 2.38. The summed E-state index contributed by atoms with van der Waals surface area (Å²) in [6.07, 6.45) is 4.94. The van der Waals surface area contributed by atoms with E-state index in [9.17, 15) is 0 Å². The number of nitrogens with one attached hydrogen (secondary N) is 1. The number of rotatable bonds is 9. The standard InChI is InChI=1S/C18H30BrN/c1-5-11-18(12-6-2,14-20-13-15(3)4)16-9-7-8-10-17(16)19/h7-10,15,20H,5-6,11-14H2,1-4H3. The largest absolute Gasteiger partial charge is 0.316 e. The van der Waals surface area contributed by atoms with E-state index in [0.717, 1.165) is 13.1 Å². The quantitative estimate of drug-likeness (QED) is 0.623. The molecular weight excluding hydrogens is 310 g/mol. The van der Waals surface area contributed by atoms with Crippen LogP contribution in [0.2, 0.25) is 0 Å². The fourth-order valence-corrected chi connectivity index (χ4v) is 3.82. The molecule has 0 radical (unpaired) electrons. The SMILES string of the molecule is CCCC(CCC)(CNCC(C)C)c1ccccc1Br. The second-order valence-electron chi connectivity index (χ2n) is 6.28. The van der Waals surface area contributed by atoms with Gasteiger partial charge in [-0.15, -0.1) is 0 Å². The second-order valence-corrected chi connectivity index (χ2v) is 7.14. The van der Waals surface area contributed by atoms with Gasteiger partial charge >= 0.3 is 0 Å². The van der Waals surface area contributed by atoms with E-state index in [-0.39, 0.29) is 5.41 Å². The maximum absolute atomic E-state index is 3.77. The number of hydrogen-bond acceptors (Lipinski definition) is 1. The van der Waals surface area contributed by atoms with Gasteiger partial charge in [-0.3, -0.25) is 0 Å². The molecule has 20 heavy (non-hydrogen) atoms. The van der Waals surface area contributed by atoms with E-state index in [1.54, 1.807) is 0 Å². The second kappa shape index (κ2) is 8.84. The summed E-state index contributed by atoms with van der Waals surface area (Å²) in [6, 6.07) is 8.75. The molecule has 0 fully saturated rings. The molecule has 0 aliphatic heterocycles. The molecule has 0 atom stereocenters. The smallest absolute Gasteiger partial charge is 0.0213 e. The first-order chi connectivity index (χ1) is 9.55. The third kappa shape index (κ3) is 4.89. The van der Waals surface area contributed by atoms with Crippen LogP contribution in [0.1, 0.15) is 58.9 Å². The van der Waals surface area contributed by atoms with E-state index in [1.165, 1.54) is 35.7 Å². The highest BCUT2D eigenvalue weighted by atomic mass is 79.9. The van der Waals surface area contributed by atoms with Crippen molar-refractivity contribution >= 4 is 15.9 Å². The Labute approximate surface area is 133 Å². The molecule has 0 aliphatic rings. The summed E-state index contributed by atoms with van der Waals surface area (Å²) >= 11 is 3.77. The van der Waals surface area contributed by atoms with Crippen molar-refractivity contribution in [1.82, 2.24) is 5.32 Å². The van der Waals surface area contributed by atoms with Gasteiger partial charge in [0.1, 0.15) is 0 Å². The number of benzene rings is 1. The summed E-state index contributed by atoms with van der Waals surface area (Å²) in [5, 5.41) is 3.70. The van der Waals surface area contributed by atoms with Gasteiger partial charge in [0.2, 0.25) is 0 Å². The molecule has 0 amide bonds. The molecule has 0 aromatic heterocycles. The Morgan fingerprint density at radius 3 is 2.20 bits per heavy atom. The molecule has 1 aromatic carbocycles. The molecule has 1 nitrogen and oxygen atoms in total. The van der Waals surface area contributed by atoms with Gasteiger partial charge in [-0.25, -0.2) is 0 Å². The zero-order valence-corrected chi connectivity index (χ0v) is 15.1. The minimum atomic E-state index is 0.262. The summed E-state index contributed by atoms with van der Waals surface area (Å²) in [5.41, 5.74) is 1.73. The minimum Gasteiger partial charge on any atom is -0.316 e. The normalized spacial score (nSPS) is 12.1. The van der Waals surface area contributed by atoms with Crippen molar-refractivity contribution < 1.29 is 0 Å². The van der Waals surface area contributed by atoms with E-state index < -0.39 is 0 Å². The van der Waals surface area contributed by atoms with Gasteiger partial charge in [-0.1, -0.05) is 74.7 Å². The van der Waals surface area contributed by atoms with Crippen LogP contribution >= 0.6 is 15.9 Å². The molecule has 0 bridgehead atoms. The molecule has 114 valence electrons. The summed E-state index contributed by atoms with van der Waals surface area (Å²) in [5.74, 6) is 0.704. The van der Waals surface area contributed by atoms with Crippen LogP contribution in [0.15, 0.2) is 28.7 Å². The molecule has 1 N–H and O–H groups in total. The monoisotopic (exact) mass is 339 g/mol. The maximum Gasteiger partial charge on any atom is 0.0213 e. The third-order valence-corrected chi connectivity index (χ3v) is 4.61. The van der Waals surface area contributed by atoms with Gasteiger partial charge in [-0.05, 0) is 36.9 Å². The van der Waals surface area contributed by atoms with Crippen LogP contribution in [0.4, 0.5) is 0 Å². The summed E-state index contributed by atoms with van der Waals surface area (Å²) in [6.45, 7) is 11.3. The molecule has 2 heteroatoms. The molecular formula is C18H30BrN. The molecule has 0 heterocycles. The van der Waals surface area contributed by atoms with E-state index >= 15 is 0 Å². The topological polar surface area (TPSA) is 12.0 Å². The van der Waals surface area contributed by atoms with E-state index in [4.69, 9.17) is 0 Å². The van der Waals surface area contributed by atoms with Gasteiger partial charge in [0.05, 0.1) is 0 Å². The van der Waals surface area contributed by atoms with Gasteiger partial charge in [0.15, 0.2) is 0 Å². The lowest BCUT2D eigenvalue weighted by molar-refractivity contribution is 0.327. The lowest BCUT2D eigenvalue weighted by Gasteiger charge is -2.36. The highest BCUT2D eigenvalue weighted by Gasteiger charge is 2.31. The predicted octanol–water partition coefficient (Wildman–Crippen LogP) is 5.53. The van der Waals surface area contributed by atoms with Crippen LogP contribution < -0.4 is 5.32 Å². The van der Waals surface area contributed by atoms with Crippen LogP contribution in [0.5, 0.6) is 0 Å². The van der Waals surface area contributed by atoms with Gasteiger partial charge in [0, 0.05) is 16.4 Å². The fraction of sp³-hybridized carbons (Fsp3) is 0.667. The lowest BCUT2D eigenvalue weighted by atomic mass is 9.73. The van der Waals surface area contributed by atoms with Crippen molar-refractivity contribution in [2.24, 2.45) is 5.92 Å². The molecule has 0 saturated carbocycles. The molecule has 0 unspecified atom stereocenters. The van der Waals surface area contributed by atoms with Crippen LogP contribution in [0.25, 0.3) is 0 Å². The first-order valence-electron chi connectivity index (χ1n) is 8.01. The Balaban J connectivity index is 3.00. The van der Waals surface area contributed by atoms with Crippen LogP contribution in [0, 0.1) is 5.92 Å². The Kier molecular flexibility index (Phi) is 7.83. The highest BCUT2D eigenvalue weighted by molar-refractivity contribution is 9.10. The third-order valence-electron chi connectivity index (χ3n) is 3.92. The maximum atomic E-state index is 3.77. The summed E-state index contributed by atoms with van der Waals surface area (Å²) in [7, 11) is 0. The first-order valence-corrected chi connectivity index (χ1v) is 8.80. The van der Waals surface area contributed by atoms with Crippen molar-refractivity contribution in [2.75, 3.05) is 13.1 Å². The van der Waals surface area contributed by atoms with Crippen LogP contribution in [-0.2, 0) is 5.41 Å². The summed E-state index contributed by atoms with van der Waals surface area (Å²) < 4.78 is 1.26. The summed E-state index contributed by atoms with van der Waals surface area (Å²) in [4.78, 5) is 0. The molecule has 0 aliphatic carbocycles. The van der Waals surface area contributed by atoms with Crippen LogP contribution in [0.3, 0.4) is 0 Å². The van der Waals surface area contributed by atoms with E-state index in [2.05, 4.69) is 73.2 Å². The van der Waals surface area contributed by atoms with Gasteiger partial charge in [-0.2, -0.15) is 0 Å². The molecule has 0 saturated heterocycles. The fourth-order valence-electron chi connectivity index (χ4n) is 3.11. The predicted molar refractivity (Wildman–Crippen MR) is 93.3 cm³/mol. The first kappa shape index (κ1) is 17.7. The van der Waals surface area contributed by atoms with E-state index in [1.807, 2.05) is 0 Å². The van der Waals surface area contributed by atoms with E-state index in [0.29, 0.717) is 5.92 Å². The number of hydrogen-bond donors (Lipinski definition) is 1. The average Bonchev–Trinajstić information content (AvgIpc) is 2.39. The molecule has 0 spiro atoms. The van der Waals surface area contributed by atoms with Crippen molar-refractivity contribution in [3.63, 3.8) is 0 Å². The van der Waals surface area contributed by atoms with Crippen molar-refractivity contribution in [3.8, 4) is 0 Å².